The summed E-state index contributed by atoms with van der Waals surface area (Å²) < 4.78 is 10.3. The average molecular weight is 329 g/mol. The van der Waals surface area contributed by atoms with E-state index < -0.39 is 10.8 Å². The number of nitrogens with one attached hydrogen (secondary N) is 1. The topological polar surface area (TPSA) is 103 Å². The molecule has 1 N–H and O–H groups in total. The van der Waals surface area contributed by atoms with Crippen LogP contribution in [0.5, 0.6) is 11.5 Å². The molecule has 124 valence electrons. The Kier molecular flexibility index (Phi) is 5.45. The number of non-ortho nitro benzene ring substituents is 1. The van der Waals surface area contributed by atoms with E-state index in [1.807, 2.05) is 0 Å². The van der Waals surface area contributed by atoms with E-state index in [-0.39, 0.29) is 11.3 Å². The van der Waals surface area contributed by atoms with Gasteiger partial charge in [0.05, 0.1) is 25.4 Å². The molecule has 0 spiro atoms. The fourth-order valence-corrected chi connectivity index (χ4v) is 1.91. The van der Waals surface area contributed by atoms with Gasteiger partial charge < -0.3 is 9.47 Å². The Morgan fingerprint density at radius 2 is 2.00 bits per heavy atom. The first kappa shape index (κ1) is 16.9. The fourth-order valence-electron chi connectivity index (χ4n) is 1.91. The minimum atomic E-state index is -0.567. The molecule has 2 aromatic rings. The summed E-state index contributed by atoms with van der Waals surface area (Å²) in [6, 6.07) is 10.5. The molecule has 0 atom stereocenters. The number of hydrogen-bond donors (Lipinski definition) is 1. The number of rotatable bonds is 6. The van der Waals surface area contributed by atoms with E-state index in [0.29, 0.717) is 17.1 Å². The summed E-state index contributed by atoms with van der Waals surface area (Å²) in [5.41, 5.74) is 2.93. The molecule has 2 aromatic carbocycles. The Morgan fingerprint density at radius 3 is 2.67 bits per heavy atom. The van der Waals surface area contributed by atoms with Crippen molar-refractivity contribution in [2.75, 3.05) is 14.2 Å². The largest absolute Gasteiger partial charge is 0.497 e. The highest BCUT2D eigenvalue weighted by molar-refractivity contribution is 5.95. The minimum absolute atomic E-state index is 0.142. The number of methoxy groups -OCH3 is 2. The maximum atomic E-state index is 12.0. The summed E-state index contributed by atoms with van der Waals surface area (Å²) in [7, 11) is 3.05. The number of nitro groups is 1. The van der Waals surface area contributed by atoms with Crippen LogP contribution in [0.3, 0.4) is 0 Å². The Bertz CT molecular complexity index is 789. The molecule has 0 aromatic heterocycles. The lowest BCUT2D eigenvalue weighted by Crippen LogP contribution is -2.17. The lowest BCUT2D eigenvalue weighted by molar-refractivity contribution is -0.384. The van der Waals surface area contributed by atoms with E-state index in [0.717, 1.165) is 0 Å². The van der Waals surface area contributed by atoms with Gasteiger partial charge >= 0.3 is 0 Å². The second-order valence-electron chi connectivity index (χ2n) is 4.61. The molecule has 8 heteroatoms. The van der Waals surface area contributed by atoms with Crippen molar-refractivity contribution in [1.29, 1.82) is 0 Å². The van der Waals surface area contributed by atoms with Crippen LogP contribution in [0.25, 0.3) is 0 Å². The van der Waals surface area contributed by atoms with Crippen LogP contribution in [-0.2, 0) is 0 Å². The third-order valence-corrected chi connectivity index (χ3v) is 3.13. The molecule has 0 aliphatic rings. The number of carbonyl (C=O) groups excluding carboxylic acids is 1. The van der Waals surface area contributed by atoms with Gasteiger partial charge in [0.2, 0.25) is 0 Å². The van der Waals surface area contributed by atoms with E-state index >= 15 is 0 Å². The second-order valence-corrected chi connectivity index (χ2v) is 4.61. The predicted molar refractivity (Wildman–Crippen MR) is 87.7 cm³/mol. The molecule has 8 nitrogen and oxygen atoms in total. The molecule has 2 rings (SSSR count). The van der Waals surface area contributed by atoms with Crippen LogP contribution in [0.4, 0.5) is 5.69 Å². The van der Waals surface area contributed by atoms with Gasteiger partial charge in [-0.1, -0.05) is 6.07 Å². The molecule has 0 heterocycles. The van der Waals surface area contributed by atoms with Gasteiger partial charge in [-0.2, -0.15) is 5.10 Å². The van der Waals surface area contributed by atoms with Crippen LogP contribution in [0.1, 0.15) is 15.9 Å². The van der Waals surface area contributed by atoms with Crippen molar-refractivity contribution in [2.24, 2.45) is 5.10 Å². The lowest BCUT2D eigenvalue weighted by atomic mass is 10.2. The van der Waals surface area contributed by atoms with Crippen LogP contribution < -0.4 is 14.9 Å². The van der Waals surface area contributed by atoms with Gasteiger partial charge in [0.15, 0.2) is 0 Å². The van der Waals surface area contributed by atoms with Gasteiger partial charge in [-0.15, -0.1) is 0 Å². The first-order valence-corrected chi connectivity index (χ1v) is 6.85. The first-order valence-electron chi connectivity index (χ1n) is 6.85. The smallest absolute Gasteiger partial charge is 0.271 e. The zero-order valence-corrected chi connectivity index (χ0v) is 13.1. The van der Waals surface area contributed by atoms with Gasteiger partial charge in [0.1, 0.15) is 11.5 Å². The fraction of sp³-hybridized carbons (Fsp3) is 0.125. The number of amides is 1. The summed E-state index contributed by atoms with van der Waals surface area (Å²) in [4.78, 5) is 22.1. The number of ether oxygens (including phenoxy) is 2. The maximum absolute atomic E-state index is 12.0. The quantitative estimate of drug-likeness (QED) is 0.498. The number of nitro benzene ring substituents is 1. The molecule has 0 aliphatic carbocycles. The second kappa shape index (κ2) is 7.73. The summed E-state index contributed by atoms with van der Waals surface area (Å²) in [5, 5.41) is 14.6. The van der Waals surface area contributed by atoms with Crippen molar-refractivity contribution < 1.29 is 19.2 Å². The van der Waals surface area contributed by atoms with Crippen LogP contribution >= 0.6 is 0 Å². The zero-order valence-electron chi connectivity index (χ0n) is 13.1. The van der Waals surface area contributed by atoms with Gasteiger partial charge in [0.25, 0.3) is 11.6 Å². The molecule has 24 heavy (non-hydrogen) atoms. The monoisotopic (exact) mass is 329 g/mol. The zero-order chi connectivity index (χ0) is 17.5. The summed E-state index contributed by atoms with van der Waals surface area (Å²) in [6.07, 6.45) is 1.41. The van der Waals surface area contributed by atoms with E-state index in [1.165, 1.54) is 37.6 Å². The van der Waals surface area contributed by atoms with Crippen molar-refractivity contribution in [1.82, 2.24) is 5.43 Å². The number of benzene rings is 2. The highest BCUT2D eigenvalue weighted by atomic mass is 16.6. The third kappa shape index (κ3) is 4.07. The Balaban J connectivity index is 2.10. The predicted octanol–water partition coefficient (Wildman–Crippen LogP) is 2.38. The Labute approximate surface area is 137 Å². The number of nitrogens with zero attached hydrogens (tertiary/aromatic N) is 2. The van der Waals surface area contributed by atoms with Crippen LogP contribution in [-0.4, -0.2) is 31.3 Å². The normalized spacial score (nSPS) is 10.4. The summed E-state index contributed by atoms with van der Waals surface area (Å²) >= 11 is 0. The van der Waals surface area contributed by atoms with Crippen molar-refractivity contribution in [3.63, 3.8) is 0 Å². The lowest BCUT2D eigenvalue weighted by Gasteiger charge is -2.06. The molecule has 1 amide bonds. The minimum Gasteiger partial charge on any atom is -0.497 e. The highest BCUT2D eigenvalue weighted by Crippen LogP contribution is 2.23. The average Bonchev–Trinajstić information content (AvgIpc) is 2.61. The molecule has 0 saturated heterocycles. The molecule has 0 unspecified atom stereocenters. The first-order chi connectivity index (χ1) is 11.5. The molecular formula is C16H15N3O5. The highest BCUT2D eigenvalue weighted by Gasteiger charge is 2.10. The van der Waals surface area contributed by atoms with Gasteiger partial charge in [-0.25, -0.2) is 5.43 Å². The molecular weight excluding hydrogens is 314 g/mol. The van der Waals surface area contributed by atoms with Crippen molar-refractivity contribution in [3.05, 3.63) is 63.7 Å². The number of hydrazone groups is 1. The third-order valence-electron chi connectivity index (χ3n) is 3.13. The van der Waals surface area contributed by atoms with Crippen LogP contribution in [0, 0.1) is 10.1 Å². The van der Waals surface area contributed by atoms with E-state index in [4.69, 9.17) is 9.47 Å². The standard InChI is InChI=1S/C16H15N3O5/c1-23-14-7-6-12(15(9-14)24-2)10-17-18-16(20)11-4-3-5-13(8-11)19(21)22/h3-10H,1-2H3,(H,18,20). The van der Waals surface area contributed by atoms with Gasteiger partial charge in [-0.3, -0.25) is 14.9 Å². The summed E-state index contributed by atoms with van der Waals surface area (Å²) in [5.74, 6) is 0.606. The van der Waals surface area contributed by atoms with Crippen LogP contribution in [0.15, 0.2) is 47.6 Å². The molecule has 0 bridgehead atoms. The molecule has 0 radical (unpaired) electrons. The number of hydrogen-bond acceptors (Lipinski definition) is 6. The van der Waals surface area contributed by atoms with E-state index in [2.05, 4.69) is 10.5 Å². The molecule has 0 saturated carbocycles. The van der Waals surface area contributed by atoms with Crippen LogP contribution in [0.2, 0.25) is 0 Å². The van der Waals surface area contributed by atoms with E-state index in [9.17, 15) is 14.9 Å². The van der Waals surface area contributed by atoms with Gasteiger partial charge in [-0.05, 0) is 18.2 Å². The molecule has 0 fully saturated rings. The Hall–Kier alpha value is -3.42. The number of carbonyl (C=O) groups is 1. The van der Waals surface area contributed by atoms with Crippen molar-refractivity contribution >= 4 is 17.8 Å². The van der Waals surface area contributed by atoms with Crippen molar-refractivity contribution in [2.45, 2.75) is 0 Å². The molecule has 0 aliphatic heterocycles. The van der Waals surface area contributed by atoms with Crippen molar-refractivity contribution in [3.8, 4) is 11.5 Å². The van der Waals surface area contributed by atoms with E-state index in [1.54, 1.807) is 25.3 Å². The Morgan fingerprint density at radius 1 is 1.21 bits per heavy atom. The SMILES string of the molecule is COc1ccc(C=NNC(=O)c2cccc([N+](=O)[O-])c2)c(OC)c1. The maximum Gasteiger partial charge on any atom is 0.271 e. The summed E-state index contributed by atoms with van der Waals surface area (Å²) in [6.45, 7) is 0. The van der Waals surface area contributed by atoms with Gasteiger partial charge in [0, 0.05) is 29.3 Å².